The molecule has 0 unspecified atom stereocenters. The molecule has 3 aromatic rings. The van der Waals surface area contributed by atoms with Crippen LogP contribution in [0.5, 0.6) is 5.75 Å². The number of hydrogen-bond donors (Lipinski definition) is 1. The molecule has 0 bridgehead atoms. The van der Waals surface area contributed by atoms with Gasteiger partial charge in [0.1, 0.15) is 5.75 Å². The third kappa shape index (κ3) is 5.28. The Morgan fingerprint density at radius 1 is 0.852 bits per heavy atom. The summed E-state index contributed by atoms with van der Waals surface area (Å²) in [5.74, 6) is 0.294. The lowest BCUT2D eigenvalue weighted by molar-refractivity contribution is 0.0921. The predicted octanol–water partition coefficient (Wildman–Crippen LogP) is 5.27. The Balaban J connectivity index is 1.55. The quantitative estimate of drug-likeness (QED) is 0.549. The molecular formula is C22H18BrNO3. The minimum Gasteiger partial charge on any atom is -0.485 e. The van der Waals surface area contributed by atoms with Crippen molar-refractivity contribution in [3.05, 3.63) is 94.0 Å². The maximum absolute atomic E-state index is 12.2. The van der Waals surface area contributed by atoms with E-state index in [9.17, 15) is 9.59 Å². The maximum atomic E-state index is 12.2. The highest BCUT2D eigenvalue weighted by molar-refractivity contribution is 9.10. The Hall–Kier alpha value is -2.92. The van der Waals surface area contributed by atoms with Gasteiger partial charge in [0.25, 0.3) is 5.91 Å². The Morgan fingerprint density at radius 2 is 1.44 bits per heavy atom. The number of amides is 1. The molecule has 0 spiro atoms. The van der Waals surface area contributed by atoms with Crippen molar-refractivity contribution in [2.75, 3.05) is 11.9 Å². The van der Waals surface area contributed by atoms with Crippen LogP contribution in [0.25, 0.3) is 0 Å². The van der Waals surface area contributed by atoms with E-state index in [-0.39, 0.29) is 18.3 Å². The molecule has 0 saturated carbocycles. The van der Waals surface area contributed by atoms with Gasteiger partial charge in [0.15, 0.2) is 12.4 Å². The number of aryl methyl sites for hydroxylation is 1. The van der Waals surface area contributed by atoms with Gasteiger partial charge in [-0.3, -0.25) is 9.59 Å². The van der Waals surface area contributed by atoms with Gasteiger partial charge in [-0.05, 0) is 55.5 Å². The second-order valence-corrected chi connectivity index (χ2v) is 6.98. The molecule has 3 aromatic carbocycles. The zero-order valence-corrected chi connectivity index (χ0v) is 16.3. The molecule has 5 heteroatoms. The van der Waals surface area contributed by atoms with Gasteiger partial charge in [0.2, 0.25) is 0 Å². The Morgan fingerprint density at radius 3 is 2.07 bits per heavy atom. The lowest BCUT2D eigenvalue weighted by Crippen LogP contribution is -2.12. The molecule has 0 heterocycles. The maximum Gasteiger partial charge on any atom is 0.255 e. The van der Waals surface area contributed by atoms with Crippen molar-refractivity contribution in [2.45, 2.75) is 6.92 Å². The average Bonchev–Trinajstić information content (AvgIpc) is 2.68. The molecule has 0 aliphatic carbocycles. The number of benzene rings is 3. The van der Waals surface area contributed by atoms with Crippen LogP contribution < -0.4 is 10.1 Å². The monoisotopic (exact) mass is 423 g/mol. The Bertz CT molecular complexity index is 933. The number of halogens is 1. The molecule has 0 saturated heterocycles. The fourth-order valence-corrected chi connectivity index (χ4v) is 2.68. The van der Waals surface area contributed by atoms with Crippen molar-refractivity contribution in [2.24, 2.45) is 0 Å². The van der Waals surface area contributed by atoms with Crippen molar-refractivity contribution in [1.29, 1.82) is 0 Å². The van der Waals surface area contributed by atoms with E-state index >= 15 is 0 Å². The molecule has 0 aliphatic heterocycles. The van der Waals surface area contributed by atoms with Crippen molar-refractivity contribution in [3.63, 3.8) is 0 Å². The van der Waals surface area contributed by atoms with Gasteiger partial charge in [0.05, 0.1) is 0 Å². The van der Waals surface area contributed by atoms with Crippen LogP contribution in [0.2, 0.25) is 0 Å². The number of nitrogens with one attached hydrogen (secondary N) is 1. The van der Waals surface area contributed by atoms with E-state index in [1.54, 1.807) is 48.5 Å². The number of hydrogen-bond acceptors (Lipinski definition) is 3. The summed E-state index contributed by atoms with van der Waals surface area (Å²) in [5, 5.41) is 2.84. The number of Topliss-reactive ketones (excluding diaryl/α,β-unsaturated/α-hetero) is 1. The summed E-state index contributed by atoms with van der Waals surface area (Å²) in [6.07, 6.45) is 0. The standard InChI is InChI=1S/C22H18BrNO3/c1-15-2-4-17(5-3-15)22(26)24-19-10-12-20(13-11-19)27-14-21(25)16-6-8-18(23)9-7-16/h2-13H,14H2,1H3,(H,24,26). The van der Waals surface area contributed by atoms with Gasteiger partial charge < -0.3 is 10.1 Å². The Kier molecular flexibility index (Phi) is 6.04. The van der Waals surface area contributed by atoms with E-state index in [4.69, 9.17) is 4.74 Å². The van der Waals surface area contributed by atoms with Crippen LogP contribution in [0, 0.1) is 6.92 Å². The summed E-state index contributed by atoms with van der Waals surface area (Å²) >= 11 is 3.34. The summed E-state index contributed by atoms with van der Waals surface area (Å²) in [6, 6.07) is 21.4. The molecule has 0 aliphatic rings. The predicted molar refractivity (Wildman–Crippen MR) is 110 cm³/mol. The highest BCUT2D eigenvalue weighted by atomic mass is 79.9. The van der Waals surface area contributed by atoms with E-state index in [2.05, 4.69) is 21.2 Å². The van der Waals surface area contributed by atoms with Gasteiger partial charge in [0, 0.05) is 21.3 Å². The fraction of sp³-hybridized carbons (Fsp3) is 0.0909. The van der Waals surface area contributed by atoms with Crippen LogP contribution in [0.3, 0.4) is 0 Å². The zero-order chi connectivity index (χ0) is 19.2. The van der Waals surface area contributed by atoms with Crippen LogP contribution in [0.4, 0.5) is 5.69 Å². The normalized spacial score (nSPS) is 10.3. The van der Waals surface area contributed by atoms with E-state index in [0.717, 1.165) is 10.0 Å². The number of ether oxygens (including phenoxy) is 1. The van der Waals surface area contributed by atoms with Crippen molar-refractivity contribution in [1.82, 2.24) is 0 Å². The van der Waals surface area contributed by atoms with E-state index < -0.39 is 0 Å². The van der Waals surface area contributed by atoms with Crippen LogP contribution in [0.15, 0.2) is 77.3 Å². The van der Waals surface area contributed by atoms with Crippen molar-refractivity contribution >= 4 is 33.3 Å². The summed E-state index contributed by atoms with van der Waals surface area (Å²) < 4.78 is 6.46. The number of carbonyl (C=O) groups excluding carboxylic acids is 2. The zero-order valence-electron chi connectivity index (χ0n) is 14.7. The Labute approximate surface area is 166 Å². The van der Waals surface area contributed by atoms with Gasteiger partial charge >= 0.3 is 0 Å². The first-order valence-corrected chi connectivity index (χ1v) is 9.20. The van der Waals surface area contributed by atoms with Gasteiger partial charge in [-0.25, -0.2) is 0 Å². The number of rotatable bonds is 6. The molecule has 3 rings (SSSR count). The molecule has 1 amide bonds. The molecule has 0 fully saturated rings. The fourth-order valence-electron chi connectivity index (χ4n) is 2.41. The number of ketones is 1. The smallest absolute Gasteiger partial charge is 0.255 e. The van der Waals surface area contributed by atoms with Crippen LogP contribution >= 0.6 is 15.9 Å². The molecule has 0 radical (unpaired) electrons. The van der Waals surface area contributed by atoms with Crippen LogP contribution in [-0.2, 0) is 0 Å². The van der Waals surface area contributed by atoms with E-state index in [1.165, 1.54) is 0 Å². The van der Waals surface area contributed by atoms with Crippen molar-refractivity contribution < 1.29 is 14.3 Å². The summed E-state index contributed by atoms with van der Waals surface area (Å²) in [5.41, 5.74) is 2.96. The molecular weight excluding hydrogens is 406 g/mol. The highest BCUT2D eigenvalue weighted by Crippen LogP contribution is 2.17. The summed E-state index contributed by atoms with van der Waals surface area (Å²) in [7, 11) is 0. The van der Waals surface area contributed by atoms with Gasteiger partial charge in [-0.1, -0.05) is 45.8 Å². The minimum absolute atomic E-state index is 0.0449. The molecule has 4 nitrogen and oxygen atoms in total. The second-order valence-electron chi connectivity index (χ2n) is 6.06. The number of carbonyl (C=O) groups is 2. The minimum atomic E-state index is -0.172. The third-order valence-electron chi connectivity index (χ3n) is 3.96. The lowest BCUT2D eigenvalue weighted by atomic mass is 10.1. The second kappa shape index (κ2) is 8.64. The molecule has 1 N–H and O–H groups in total. The third-order valence-corrected chi connectivity index (χ3v) is 4.49. The van der Waals surface area contributed by atoms with E-state index in [0.29, 0.717) is 22.6 Å². The lowest BCUT2D eigenvalue weighted by Gasteiger charge is -2.08. The molecule has 0 aromatic heterocycles. The van der Waals surface area contributed by atoms with Crippen molar-refractivity contribution in [3.8, 4) is 5.75 Å². The largest absolute Gasteiger partial charge is 0.485 e. The molecule has 136 valence electrons. The molecule has 0 atom stereocenters. The van der Waals surface area contributed by atoms with Crippen LogP contribution in [-0.4, -0.2) is 18.3 Å². The highest BCUT2D eigenvalue weighted by Gasteiger charge is 2.08. The van der Waals surface area contributed by atoms with Crippen LogP contribution in [0.1, 0.15) is 26.3 Å². The average molecular weight is 424 g/mol. The first-order chi connectivity index (χ1) is 13.0. The first-order valence-electron chi connectivity index (χ1n) is 8.41. The molecule has 27 heavy (non-hydrogen) atoms. The first kappa shape index (κ1) is 18.9. The van der Waals surface area contributed by atoms with E-state index in [1.807, 2.05) is 31.2 Å². The van der Waals surface area contributed by atoms with Gasteiger partial charge in [-0.2, -0.15) is 0 Å². The summed E-state index contributed by atoms with van der Waals surface area (Å²) in [4.78, 5) is 24.3. The SMILES string of the molecule is Cc1ccc(C(=O)Nc2ccc(OCC(=O)c3ccc(Br)cc3)cc2)cc1. The summed E-state index contributed by atoms with van der Waals surface area (Å²) in [6.45, 7) is 1.93. The van der Waals surface area contributed by atoms with Gasteiger partial charge in [-0.15, -0.1) is 0 Å². The topological polar surface area (TPSA) is 55.4 Å². The number of anilines is 1.